The van der Waals surface area contributed by atoms with E-state index in [4.69, 9.17) is 5.26 Å². The van der Waals surface area contributed by atoms with Crippen LogP contribution in [0.3, 0.4) is 0 Å². The molecular weight excluding hydrogens is 182 g/mol. The highest BCUT2D eigenvalue weighted by molar-refractivity contribution is 5.40. The van der Waals surface area contributed by atoms with Gasteiger partial charge in [-0.2, -0.15) is 5.26 Å². The van der Waals surface area contributed by atoms with Gasteiger partial charge in [-0.15, -0.1) is 0 Å². The second-order valence-electron chi connectivity index (χ2n) is 3.35. The highest BCUT2D eigenvalue weighted by Gasteiger charge is 2.46. The molecule has 0 unspecified atom stereocenters. The fourth-order valence-electron chi connectivity index (χ4n) is 1.34. The molecule has 1 aromatic rings. The van der Waals surface area contributed by atoms with Crippen LogP contribution in [0, 0.1) is 21.4 Å². The Balaban J connectivity index is 2.42. The molecule has 0 aliphatic heterocycles. The first-order valence-electron chi connectivity index (χ1n) is 4.20. The lowest BCUT2D eigenvalue weighted by Gasteiger charge is -2.02. The Labute approximate surface area is 80.2 Å². The normalized spacial score (nSPS) is 17.1. The van der Waals surface area contributed by atoms with Gasteiger partial charge < -0.3 is 0 Å². The summed E-state index contributed by atoms with van der Waals surface area (Å²) in [7, 11) is 0. The Bertz CT molecular complexity index is 432. The molecule has 0 amide bonds. The first-order chi connectivity index (χ1) is 6.68. The van der Waals surface area contributed by atoms with Crippen molar-refractivity contribution < 1.29 is 4.92 Å². The zero-order valence-electron chi connectivity index (χ0n) is 7.30. The molecule has 1 saturated carbocycles. The molecule has 5 nitrogen and oxygen atoms in total. The number of rotatable bonds is 2. The van der Waals surface area contributed by atoms with Gasteiger partial charge in [0.15, 0.2) is 0 Å². The van der Waals surface area contributed by atoms with Gasteiger partial charge in [0.25, 0.3) is 5.69 Å². The van der Waals surface area contributed by atoms with Crippen molar-refractivity contribution >= 4 is 5.69 Å². The van der Waals surface area contributed by atoms with E-state index in [0.717, 1.165) is 12.8 Å². The molecule has 70 valence electrons. The number of nitro groups is 1. The summed E-state index contributed by atoms with van der Waals surface area (Å²) in [6.07, 6.45) is 2.88. The molecule has 1 fully saturated rings. The lowest BCUT2D eigenvalue weighted by molar-refractivity contribution is -0.385. The highest BCUT2D eigenvalue weighted by atomic mass is 16.6. The fraction of sp³-hybridized carbons (Fsp3) is 0.333. The van der Waals surface area contributed by atoms with Crippen LogP contribution < -0.4 is 0 Å². The van der Waals surface area contributed by atoms with Gasteiger partial charge in [-0.25, -0.2) is 0 Å². The smallest absolute Gasteiger partial charge is 0.259 e. The molecule has 0 N–H and O–H groups in total. The molecule has 5 heteroatoms. The number of hydrogen-bond acceptors (Lipinski definition) is 4. The summed E-state index contributed by atoms with van der Waals surface area (Å²) in [5.41, 5.74) is -0.0304. The van der Waals surface area contributed by atoms with E-state index in [2.05, 4.69) is 11.1 Å². The van der Waals surface area contributed by atoms with E-state index < -0.39 is 10.3 Å². The average Bonchev–Trinajstić information content (AvgIpc) is 2.98. The van der Waals surface area contributed by atoms with Crippen molar-refractivity contribution in [1.29, 1.82) is 5.26 Å². The van der Waals surface area contributed by atoms with E-state index >= 15 is 0 Å². The van der Waals surface area contributed by atoms with Gasteiger partial charge in [-0.05, 0) is 12.8 Å². The van der Waals surface area contributed by atoms with E-state index in [0.29, 0.717) is 5.69 Å². The minimum atomic E-state index is -0.550. The quantitative estimate of drug-likeness (QED) is 0.522. The van der Waals surface area contributed by atoms with Crippen molar-refractivity contribution in [2.75, 3.05) is 0 Å². The zero-order valence-corrected chi connectivity index (χ0v) is 7.30. The largest absolute Gasteiger partial charge is 0.272 e. The van der Waals surface area contributed by atoms with Crippen molar-refractivity contribution in [1.82, 2.24) is 4.98 Å². The minimum absolute atomic E-state index is 0.00322. The molecule has 0 spiro atoms. The van der Waals surface area contributed by atoms with E-state index in [1.165, 1.54) is 18.3 Å². The number of nitrogens with zero attached hydrogens (tertiary/aromatic N) is 3. The summed E-state index contributed by atoms with van der Waals surface area (Å²) >= 11 is 0. The molecule has 1 aromatic heterocycles. The van der Waals surface area contributed by atoms with Crippen molar-refractivity contribution in [2.45, 2.75) is 18.3 Å². The van der Waals surface area contributed by atoms with Crippen LogP contribution in [-0.2, 0) is 5.41 Å². The molecule has 0 atom stereocenters. The van der Waals surface area contributed by atoms with Crippen molar-refractivity contribution in [3.05, 3.63) is 34.1 Å². The Morgan fingerprint density at radius 2 is 2.36 bits per heavy atom. The van der Waals surface area contributed by atoms with Crippen molar-refractivity contribution in [3.63, 3.8) is 0 Å². The summed E-state index contributed by atoms with van der Waals surface area (Å²) in [6, 6.07) is 4.87. The van der Waals surface area contributed by atoms with Gasteiger partial charge in [0, 0.05) is 18.3 Å². The van der Waals surface area contributed by atoms with Crippen molar-refractivity contribution in [3.8, 4) is 6.07 Å². The van der Waals surface area contributed by atoms with Gasteiger partial charge in [0.1, 0.15) is 0 Å². The first kappa shape index (κ1) is 8.63. The molecule has 14 heavy (non-hydrogen) atoms. The van der Waals surface area contributed by atoms with E-state index in [9.17, 15) is 10.1 Å². The average molecular weight is 189 g/mol. The number of pyridine rings is 1. The molecule has 1 heterocycles. The van der Waals surface area contributed by atoms with E-state index in [-0.39, 0.29) is 5.69 Å². The zero-order chi connectivity index (χ0) is 10.2. The van der Waals surface area contributed by atoms with Gasteiger partial charge in [0.05, 0.1) is 22.1 Å². The summed E-state index contributed by atoms with van der Waals surface area (Å²) in [4.78, 5) is 14.0. The number of hydrogen-bond donors (Lipinski definition) is 0. The van der Waals surface area contributed by atoms with Gasteiger partial charge >= 0.3 is 0 Å². The van der Waals surface area contributed by atoms with Crippen LogP contribution in [0.4, 0.5) is 5.69 Å². The molecule has 0 radical (unpaired) electrons. The summed E-state index contributed by atoms with van der Waals surface area (Å²) in [5.74, 6) is 0. The molecule has 0 bridgehead atoms. The Hall–Kier alpha value is -1.96. The van der Waals surface area contributed by atoms with Gasteiger partial charge in [-0.1, -0.05) is 0 Å². The third-order valence-corrected chi connectivity index (χ3v) is 2.41. The van der Waals surface area contributed by atoms with E-state index in [1.54, 1.807) is 0 Å². The predicted octanol–water partition coefficient (Wildman–Crippen LogP) is 1.54. The van der Waals surface area contributed by atoms with Crippen LogP contribution in [0.1, 0.15) is 18.5 Å². The molecule has 1 aliphatic carbocycles. The molecule has 0 saturated heterocycles. The monoisotopic (exact) mass is 189 g/mol. The van der Waals surface area contributed by atoms with Crippen LogP contribution >= 0.6 is 0 Å². The number of aromatic nitrogens is 1. The second-order valence-corrected chi connectivity index (χ2v) is 3.35. The molecule has 1 aliphatic rings. The molecular formula is C9H7N3O2. The second kappa shape index (κ2) is 2.77. The van der Waals surface area contributed by atoms with Crippen LogP contribution in [0.5, 0.6) is 0 Å². The van der Waals surface area contributed by atoms with E-state index in [1.807, 2.05) is 0 Å². The van der Waals surface area contributed by atoms with Crippen LogP contribution in [0.25, 0.3) is 0 Å². The maximum absolute atomic E-state index is 10.5. The summed E-state index contributed by atoms with van der Waals surface area (Å²) in [6.45, 7) is 0. The lowest BCUT2D eigenvalue weighted by atomic mass is 10.0. The standard InChI is InChI=1S/C9H7N3O2/c10-6-9(2-3-9)8-5-7(12(13)14)1-4-11-8/h1,4-5H,2-3H2. The highest BCUT2D eigenvalue weighted by Crippen LogP contribution is 2.47. The minimum Gasteiger partial charge on any atom is -0.259 e. The van der Waals surface area contributed by atoms with Gasteiger partial charge in [0.2, 0.25) is 0 Å². The summed E-state index contributed by atoms with van der Waals surface area (Å²) in [5, 5.41) is 19.4. The third kappa shape index (κ3) is 1.21. The lowest BCUT2D eigenvalue weighted by Crippen LogP contribution is -2.05. The van der Waals surface area contributed by atoms with Crippen LogP contribution in [-0.4, -0.2) is 9.91 Å². The van der Waals surface area contributed by atoms with Crippen molar-refractivity contribution in [2.24, 2.45) is 0 Å². The topological polar surface area (TPSA) is 79.8 Å². The SMILES string of the molecule is N#CC1(c2cc([N+](=O)[O-])ccn2)CC1. The molecule has 2 rings (SSSR count). The Morgan fingerprint density at radius 1 is 1.64 bits per heavy atom. The third-order valence-electron chi connectivity index (χ3n) is 2.41. The summed E-state index contributed by atoms with van der Waals surface area (Å²) < 4.78 is 0. The van der Waals surface area contributed by atoms with Gasteiger partial charge in [-0.3, -0.25) is 15.1 Å². The maximum atomic E-state index is 10.5. The van der Waals surface area contributed by atoms with Crippen LogP contribution in [0.2, 0.25) is 0 Å². The van der Waals surface area contributed by atoms with Crippen LogP contribution in [0.15, 0.2) is 18.3 Å². The maximum Gasteiger partial charge on any atom is 0.272 e. The predicted molar refractivity (Wildman–Crippen MR) is 47.4 cm³/mol. The first-order valence-corrected chi connectivity index (χ1v) is 4.20. The number of nitriles is 1. The Morgan fingerprint density at radius 3 is 2.86 bits per heavy atom. The fourth-order valence-corrected chi connectivity index (χ4v) is 1.34. The Kier molecular flexibility index (Phi) is 1.71. The molecule has 0 aromatic carbocycles.